The van der Waals surface area contributed by atoms with Crippen LogP contribution in [0.4, 0.5) is 11.5 Å². The predicted octanol–water partition coefficient (Wildman–Crippen LogP) is 4.00. The largest absolute Gasteiger partial charge is 0.375 e. The second-order valence-corrected chi connectivity index (χ2v) is 9.31. The Kier molecular flexibility index (Phi) is 6.96. The molecular weight excluding hydrogens is 454 g/mol. The zero-order valence-electron chi connectivity index (χ0n) is 20.7. The second kappa shape index (κ2) is 10.1. The highest BCUT2D eigenvalue weighted by Crippen LogP contribution is 2.29. The van der Waals surface area contributed by atoms with Crippen molar-refractivity contribution in [2.75, 3.05) is 29.9 Å². The maximum absolute atomic E-state index is 12.9. The zero-order valence-corrected chi connectivity index (χ0v) is 20.7. The summed E-state index contributed by atoms with van der Waals surface area (Å²) in [5, 5.41) is 22.1. The third-order valence-electron chi connectivity index (χ3n) is 6.13. The van der Waals surface area contributed by atoms with Gasteiger partial charge < -0.3 is 15.0 Å². The fraction of sp³-hybridized carbons (Fsp3) is 0.333. The fourth-order valence-electron chi connectivity index (χ4n) is 4.02. The molecule has 4 rings (SSSR count). The maximum Gasteiger partial charge on any atom is 0.255 e. The maximum atomic E-state index is 12.9. The first-order valence-electron chi connectivity index (χ1n) is 11.6. The Morgan fingerprint density at radius 2 is 2.00 bits per heavy atom. The van der Waals surface area contributed by atoms with E-state index in [4.69, 9.17) is 4.74 Å². The van der Waals surface area contributed by atoms with Crippen molar-refractivity contribution >= 4 is 17.4 Å². The predicted molar refractivity (Wildman–Crippen MR) is 135 cm³/mol. The molecule has 1 saturated heterocycles. The van der Waals surface area contributed by atoms with Crippen LogP contribution in [0.25, 0.3) is 11.1 Å². The lowest BCUT2D eigenvalue weighted by Crippen LogP contribution is -2.41. The minimum absolute atomic E-state index is 0.0703. The van der Waals surface area contributed by atoms with Gasteiger partial charge in [0.1, 0.15) is 11.9 Å². The highest BCUT2D eigenvalue weighted by molar-refractivity contribution is 6.04. The lowest BCUT2D eigenvalue weighted by Gasteiger charge is -2.32. The normalized spacial score (nSPS) is 15.6. The van der Waals surface area contributed by atoms with E-state index < -0.39 is 5.41 Å². The Morgan fingerprint density at radius 1 is 1.19 bits per heavy atom. The van der Waals surface area contributed by atoms with Gasteiger partial charge in [-0.25, -0.2) is 4.98 Å². The van der Waals surface area contributed by atoms with Gasteiger partial charge in [0.15, 0.2) is 0 Å². The smallest absolute Gasteiger partial charge is 0.255 e. The number of pyridine rings is 3. The Morgan fingerprint density at radius 3 is 2.72 bits per heavy atom. The van der Waals surface area contributed by atoms with Gasteiger partial charge in [0.05, 0.1) is 47.3 Å². The van der Waals surface area contributed by atoms with Gasteiger partial charge in [0.25, 0.3) is 5.91 Å². The number of nitrogens with one attached hydrogen (secondary N) is 1. The molecule has 1 amide bonds. The van der Waals surface area contributed by atoms with Crippen LogP contribution in [0.5, 0.6) is 0 Å². The molecule has 3 aromatic rings. The first kappa shape index (κ1) is 24.8. The molecule has 4 heterocycles. The third-order valence-corrected chi connectivity index (χ3v) is 6.13. The number of amides is 1. The summed E-state index contributed by atoms with van der Waals surface area (Å²) in [5.74, 6) is 0.303. The summed E-state index contributed by atoms with van der Waals surface area (Å²) in [5.41, 5.74) is 3.31. The van der Waals surface area contributed by atoms with E-state index >= 15 is 0 Å². The van der Waals surface area contributed by atoms with Crippen molar-refractivity contribution in [3.05, 3.63) is 65.4 Å². The van der Waals surface area contributed by atoms with E-state index in [1.165, 1.54) is 6.20 Å². The van der Waals surface area contributed by atoms with Crippen LogP contribution in [0.2, 0.25) is 0 Å². The minimum Gasteiger partial charge on any atom is -0.375 e. The molecule has 0 spiro atoms. The van der Waals surface area contributed by atoms with Crippen LogP contribution >= 0.6 is 0 Å². The summed E-state index contributed by atoms with van der Waals surface area (Å²) in [6, 6.07) is 11.3. The fourth-order valence-corrected chi connectivity index (χ4v) is 4.02. The van der Waals surface area contributed by atoms with Gasteiger partial charge in [-0.3, -0.25) is 14.8 Å². The number of ether oxygens (including phenoxy) is 1. The average molecular weight is 482 g/mol. The number of rotatable bonds is 5. The number of hydrogen-bond acceptors (Lipinski definition) is 8. The molecule has 1 N–H and O–H groups in total. The molecule has 9 nitrogen and oxygen atoms in total. The van der Waals surface area contributed by atoms with E-state index in [-0.39, 0.29) is 12.0 Å². The van der Waals surface area contributed by atoms with Gasteiger partial charge in [-0.1, -0.05) is 0 Å². The summed E-state index contributed by atoms with van der Waals surface area (Å²) < 4.78 is 5.60. The van der Waals surface area contributed by atoms with E-state index in [1.807, 2.05) is 19.9 Å². The van der Waals surface area contributed by atoms with Crippen molar-refractivity contribution in [1.82, 2.24) is 15.0 Å². The average Bonchev–Trinajstić information content (AvgIpc) is 2.89. The highest BCUT2D eigenvalue weighted by Gasteiger charge is 2.23. The highest BCUT2D eigenvalue weighted by atomic mass is 16.5. The van der Waals surface area contributed by atoms with Gasteiger partial charge >= 0.3 is 0 Å². The van der Waals surface area contributed by atoms with Crippen molar-refractivity contribution in [3.63, 3.8) is 0 Å². The molecule has 1 fully saturated rings. The van der Waals surface area contributed by atoms with Crippen LogP contribution in [0.3, 0.4) is 0 Å². The van der Waals surface area contributed by atoms with Crippen molar-refractivity contribution < 1.29 is 9.53 Å². The van der Waals surface area contributed by atoms with Crippen molar-refractivity contribution in [2.45, 2.75) is 39.2 Å². The van der Waals surface area contributed by atoms with Gasteiger partial charge in [0.2, 0.25) is 0 Å². The van der Waals surface area contributed by atoms with Gasteiger partial charge in [-0.05, 0) is 52.0 Å². The number of hydrogen-bond donors (Lipinski definition) is 1. The number of carbonyl (C=O) groups is 1. The van der Waals surface area contributed by atoms with Crippen molar-refractivity contribution in [2.24, 2.45) is 0 Å². The summed E-state index contributed by atoms with van der Waals surface area (Å²) >= 11 is 0. The topological polar surface area (TPSA) is 128 Å². The lowest BCUT2D eigenvalue weighted by molar-refractivity contribution is 0.0529. The zero-order chi connectivity index (χ0) is 25.9. The van der Waals surface area contributed by atoms with Crippen LogP contribution in [0, 0.1) is 29.6 Å². The molecule has 0 unspecified atom stereocenters. The molecule has 0 aliphatic carbocycles. The number of aryl methyl sites for hydroxylation is 1. The van der Waals surface area contributed by atoms with E-state index in [0.29, 0.717) is 48.0 Å². The van der Waals surface area contributed by atoms with Crippen LogP contribution in [-0.4, -0.2) is 46.7 Å². The lowest BCUT2D eigenvalue weighted by atomic mass is 9.90. The Bertz CT molecular complexity index is 1390. The number of nitrogens with zero attached hydrogens (tertiary/aromatic N) is 6. The number of aromatic nitrogens is 3. The summed E-state index contributed by atoms with van der Waals surface area (Å²) in [6.45, 7) is 9.31. The summed E-state index contributed by atoms with van der Waals surface area (Å²) in [7, 11) is 0. The minimum atomic E-state index is -0.814. The van der Waals surface area contributed by atoms with Crippen LogP contribution < -0.4 is 10.2 Å². The van der Waals surface area contributed by atoms with E-state index in [9.17, 15) is 15.3 Å². The Balaban J connectivity index is 1.60. The van der Waals surface area contributed by atoms with E-state index in [1.54, 1.807) is 44.4 Å². The molecule has 36 heavy (non-hydrogen) atoms. The first-order valence-corrected chi connectivity index (χ1v) is 11.6. The SMILES string of the molecule is Cc1ncc(NC(=O)c2ccnc(C(C)(C)C#N)c2)cc1-c1cnc(N2CCO[C@H](C)C2)c(C#N)c1. The second-order valence-electron chi connectivity index (χ2n) is 9.31. The Labute approximate surface area is 210 Å². The summed E-state index contributed by atoms with van der Waals surface area (Å²) in [4.78, 5) is 28.3. The number of nitriles is 2. The molecule has 1 atom stereocenters. The molecule has 0 radical (unpaired) electrons. The molecule has 1 aliphatic rings. The molecule has 3 aromatic heterocycles. The van der Waals surface area contributed by atoms with Gasteiger partial charge in [0, 0.05) is 47.9 Å². The molecule has 9 heteroatoms. The van der Waals surface area contributed by atoms with Crippen LogP contribution in [0.15, 0.2) is 42.9 Å². The summed E-state index contributed by atoms with van der Waals surface area (Å²) in [6.07, 6.45) is 4.90. The standard InChI is InChI=1S/C27H27N7O2/c1-17-15-34(7-8-36-17)25-20(12-28)9-21(13-32-25)23-11-22(14-31-18(23)2)33-26(35)19-5-6-30-24(10-19)27(3,4)16-29/h5-6,9-11,13-14,17H,7-8,15H2,1-4H3,(H,33,35)/t17-/m1/s1. The Hall–Kier alpha value is -4.34. The molecule has 0 aromatic carbocycles. The number of carbonyl (C=O) groups excluding carboxylic acids is 1. The first-order chi connectivity index (χ1) is 17.2. The molecular formula is C27H27N7O2. The van der Waals surface area contributed by atoms with Crippen molar-refractivity contribution in [1.29, 1.82) is 10.5 Å². The van der Waals surface area contributed by atoms with Crippen molar-refractivity contribution in [3.8, 4) is 23.3 Å². The quantitative estimate of drug-likeness (QED) is 0.579. The third kappa shape index (κ3) is 5.17. The molecule has 1 aliphatic heterocycles. The van der Waals surface area contributed by atoms with E-state index in [0.717, 1.165) is 16.8 Å². The molecule has 182 valence electrons. The molecule has 0 saturated carbocycles. The number of anilines is 2. The van der Waals surface area contributed by atoms with E-state index in [2.05, 4.69) is 37.3 Å². The number of morpholine rings is 1. The van der Waals surface area contributed by atoms with Crippen LogP contribution in [0.1, 0.15) is 48.1 Å². The molecule has 0 bridgehead atoms. The monoisotopic (exact) mass is 481 g/mol. The van der Waals surface area contributed by atoms with Gasteiger partial charge in [-0.15, -0.1) is 0 Å². The van der Waals surface area contributed by atoms with Crippen LogP contribution in [-0.2, 0) is 10.2 Å². The van der Waals surface area contributed by atoms with Gasteiger partial charge in [-0.2, -0.15) is 10.5 Å².